The van der Waals surface area contributed by atoms with Crippen LogP contribution in [0.15, 0.2) is 70.0 Å². The predicted octanol–water partition coefficient (Wildman–Crippen LogP) is 6.51. The molecule has 0 aliphatic carbocycles. The summed E-state index contributed by atoms with van der Waals surface area (Å²) in [6.07, 6.45) is 2.59. The molecule has 5 nitrogen and oxygen atoms in total. The van der Waals surface area contributed by atoms with Gasteiger partial charge >= 0.3 is 0 Å². The average molecular weight is 512 g/mol. The highest BCUT2D eigenvalue weighted by atomic mass is 79.9. The van der Waals surface area contributed by atoms with E-state index in [2.05, 4.69) is 15.9 Å². The molecule has 3 aromatic rings. The van der Waals surface area contributed by atoms with E-state index in [1.807, 2.05) is 67.6 Å². The number of amides is 2. The van der Waals surface area contributed by atoms with Gasteiger partial charge < -0.3 is 9.47 Å². The molecule has 1 heterocycles. The zero-order chi connectivity index (χ0) is 22.5. The number of ether oxygens (including phenoxy) is 2. The Morgan fingerprint density at radius 2 is 1.75 bits per heavy atom. The minimum atomic E-state index is -0.317. The Labute approximate surface area is 199 Å². The maximum absolute atomic E-state index is 12.9. The third kappa shape index (κ3) is 5.00. The number of thioether (sulfide) groups is 1. The number of carbonyl (C=O) groups is 2. The highest BCUT2D eigenvalue weighted by Gasteiger charge is 2.35. The molecule has 7 heteroatoms. The zero-order valence-corrected chi connectivity index (χ0v) is 19.9. The Kier molecular flexibility index (Phi) is 7.17. The van der Waals surface area contributed by atoms with Crippen molar-refractivity contribution < 1.29 is 19.1 Å². The lowest BCUT2D eigenvalue weighted by atomic mass is 10.1. The second-order valence-electron chi connectivity index (χ2n) is 7.19. The molecule has 0 unspecified atom stereocenters. The van der Waals surface area contributed by atoms with Gasteiger partial charge in [-0.15, -0.1) is 0 Å². The Morgan fingerprint density at radius 3 is 2.59 bits per heavy atom. The molecule has 32 heavy (non-hydrogen) atoms. The lowest BCUT2D eigenvalue weighted by molar-refractivity contribution is -0.123. The molecule has 0 aromatic heterocycles. The fourth-order valence-corrected chi connectivity index (χ4v) is 4.61. The van der Waals surface area contributed by atoms with Crippen molar-refractivity contribution in [2.75, 3.05) is 19.8 Å². The third-order valence-corrected chi connectivity index (χ3v) is 6.32. The van der Waals surface area contributed by atoms with Crippen LogP contribution >= 0.6 is 27.7 Å². The van der Waals surface area contributed by atoms with Gasteiger partial charge in [-0.2, -0.15) is 0 Å². The standard InChI is InChI=1S/C25H22BrNO4S/c1-2-13-30-21-11-10-19(26)15-18(21)16-23-24(28)27(25(29)32-23)12-14-31-22-9-5-7-17-6-3-4-8-20(17)22/h3-11,15-16H,2,12-14H2,1H3/b23-16-. The summed E-state index contributed by atoms with van der Waals surface area (Å²) in [6, 6.07) is 19.4. The van der Waals surface area contributed by atoms with Crippen molar-refractivity contribution in [2.24, 2.45) is 0 Å². The number of fused-ring (bicyclic) bond motifs is 1. The maximum atomic E-state index is 12.9. The number of hydrogen-bond acceptors (Lipinski definition) is 5. The number of halogens is 1. The summed E-state index contributed by atoms with van der Waals surface area (Å²) in [7, 11) is 0. The van der Waals surface area contributed by atoms with Gasteiger partial charge in [0.1, 0.15) is 18.1 Å². The van der Waals surface area contributed by atoms with Crippen molar-refractivity contribution in [3.05, 3.63) is 75.6 Å². The van der Waals surface area contributed by atoms with Gasteiger partial charge in [0.15, 0.2) is 0 Å². The number of rotatable bonds is 8. The molecule has 164 valence electrons. The molecule has 0 saturated carbocycles. The molecule has 0 radical (unpaired) electrons. The molecule has 0 atom stereocenters. The molecule has 0 N–H and O–H groups in total. The monoisotopic (exact) mass is 511 g/mol. The van der Waals surface area contributed by atoms with Crippen LogP contribution in [0.25, 0.3) is 16.8 Å². The summed E-state index contributed by atoms with van der Waals surface area (Å²) in [6.45, 7) is 3.02. The van der Waals surface area contributed by atoms with E-state index in [4.69, 9.17) is 9.47 Å². The first-order chi connectivity index (χ1) is 15.6. The van der Waals surface area contributed by atoms with E-state index >= 15 is 0 Å². The summed E-state index contributed by atoms with van der Waals surface area (Å²) in [5.74, 6) is 1.10. The van der Waals surface area contributed by atoms with Crippen molar-refractivity contribution in [3.63, 3.8) is 0 Å². The van der Waals surface area contributed by atoms with Crippen molar-refractivity contribution in [3.8, 4) is 11.5 Å². The molecule has 0 spiro atoms. The van der Waals surface area contributed by atoms with Gasteiger partial charge in [-0.05, 0) is 53.9 Å². The fourth-order valence-electron chi connectivity index (χ4n) is 3.38. The van der Waals surface area contributed by atoms with Crippen LogP contribution in [0, 0.1) is 0 Å². The predicted molar refractivity (Wildman–Crippen MR) is 132 cm³/mol. The molecule has 0 bridgehead atoms. The SMILES string of the molecule is CCCOc1ccc(Br)cc1/C=C1\SC(=O)N(CCOc2cccc3ccccc23)C1=O. The minimum Gasteiger partial charge on any atom is -0.493 e. The van der Waals surface area contributed by atoms with Crippen LogP contribution in [-0.4, -0.2) is 35.8 Å². The fraction of sp³-hybridized carbons (Fsp3) is 0.200. The van der Waals surface area contributed by atoms with Gasteiger partial charge in [-0.25, -0.2) is 0 Å². The van der Waals surface area contributed by atoms with Crippen LogP contribution in [-0.2, 0) is 4.79 Å². The van der Waals surface area contributed by atoms with Gasteiger partial charge in [0.25, 0.3) is 11.1 Å². The van der Waals surface area contributed by atoms with Gasteiger partial charge in [0.05, 0.1) is 18.1 Å². The van der Waals surface area contributed by atoms with Crippen molar-refractivity contribution in [1.29, 1.82) is 0 Å². The topological polar surface area (TPSA) is 55.8 Å². The first-order valence-electron chi connectivity index (χ1n) is 10.3. The van der Waals surface area contributed by atoms with E-state index in [-0.39, 0.29) is 24.3 Å². The largest absolute Gasteiger partial charge is 0.493 e. The van der Waals surface area contributed by atoms with E-state index in [1.54, 1.807) is 6.08 Å². The molecule has 1 aliphatic heterocycles. The Hall–Kier alpha value is -2.77. The first-order valence-corrected chi connectivity index (χ1v) is 12.0. The van der Waals surface area contributed by atoms with E-state index in [9.17, 15) is 9.59 Å². The summed E-state index contributed by atoms with van der Waals surface area (Å²) in [4.78, 5) is 27.0. The lowest BCUT2D eigenvalue weighted by Gasteiger charge is -2.14. The van der Waals surface area contributed by atoms with Gasteiger partial charge in [-0.1, -0.05) is 59.3 Å². The molecule has 1 aliphatic rings. The molecular formula is C25H22BrNO4S. The van der Waals surface area contributed by atoms with Crippen LogP contribution in [0.1, 0.15) is 18.9 Å². The summed E-state index contributed by atoms with van der Waals surface area (Å²) < 4.78 is 12.6. The average Bonchev–Trinajstić information content (AvgIpc) is 3.06. The van der Waals surface area contributed by atoms with Crippen LogP contribution in [0.5, 0.6) is 11.5 Å². The van der Waals surface area contributed by atoms with Gasteiger partial charge in [0, 0.05) is 15.4 Å². The van der Waals surface area contributed by atoms with E-state index in [0.717, 1.165) is 44.7 Å². The van der Waals surface area contributed by atoms with Crippen LogP contribution in [0.2, 0.25) is 0 Å². The molecule has 4 rings (SSSR count). The molecular weight excluding hydrogens is 490 g/mol. The normalized spacial score (nSPS) is 15.1. The Morgan fingerprint density at radius 1 is 0.969 bits per heavy atom. The molecule has 2 amide bonds. The second kappa shape index (κ2) is 10.2. The van der Waals surface area contributed by atoms with Crippen molar-refractivity contribution >= 4 is 55.7 Å². The van der Waals surface area contributed by atoms with E-state index in [0.29, 0.717) is 17.3 Å². The summed E-state index contributed by atoms with van der Waals surface area (Å²) in [5.41, 5.74) is 0.755. The smallest absolute Gasteiger partial charge is 0.293 e. The first kappa shape index (κ1) is 22.4. The number of hydrogen-bond donors (Lipinski definition) is 0. The molecule has 1 saturated heterocycles. The third-order valence-electron chi connectivity index (χ3n) is 4.92. The Balaban J connectivity index is 1.46. The van der Waals surface area contributed by atoms with E-state index < -0.39 is 0 Å². The van der Waals surface area contributed by atoms with Crippen LogP contribution < -0.4 is 9.47 Å². The molecule has 1 fully saturated rings. The summed E-state index contributed by atoms with van der Waals surface area (Å²) >= 11 is 4.39. The number of carbonyl (C=O) groups excluding carboxylic acids is 2. The van der Waals surface area contributed by atoms with Gasteiger partial charge in [0.2, 0.25) is 0 Å². The molecule has 3 aromatic carbocycles. The lowest BCUT2D eigenvalue weighted by Crippen LogP contribution is -2.32. The summed E-state index contributed by atoms with van der Waals surface area (Å²) in [5, 5.41) is 1.78. The van der Waals surface area contributed by atoms with Crippen LogP contribution in [0.4, 0.5) is 4.79 Å². The van der Waals surface area contributed by atoms with Crippen molar-refractivity contribution in [2.45, 2.75) is 13.3 Å². The second-order valence-corrected chi connectivity index (χ2v) is 9.10. The highest BCUT2D eigenvalue weighted by molar-refractivity contribution is 9.10. The van der Waals surface area contributed by atoms with Crippen molar-refractivity contribution in [1.82, 2.24) is 4.90 Å². The quantitative estimate of drug-likeness (QED) is 0.322. The van der Waals surface area contributed by atoms with E-state index in [1.165, 1.54) is 4.90 Å². The Bertz CT molecular complexity index is 1190. The van der Waals surface area contributed by atoms with Gasteiger partial charge in [-0.3, -0.25) is 14.5 Å². The number of imide groups is 1. The van der Waals surface area contributed by atoms with Crippen LogP contribution in [0.3, 0.4) is 0 Å². The zero-order valence-electron chi connectivity index (χ0n) is 17.5. The number of nitrogens with zero attached hydrogens (tertiary/aromatic N) is 1. The minimum absolute atomic E-state index is 0.183. The number of benzene rings is 3. The maximum Gasteiger partial charge on any atom is 0.293 e. The highest BCUT2D eigenvalue weighted by Crippen LogP contribution is 2.35.